The van der Waals surface area contributed by atoms with E-state index in [1.807, 2.05) is 0 Å². The van der Waals surface area contributed by atoms with Gasteiger partial charge in [-0.15, -0.1) is 0 Å². The molecular formula is CH3AsFeO3. The molecule has 0 aromatic carbocycles. The Morgan fingerprint density at radius 3 is 1.50 bits per heavy atom. The van der Waals surface area contributed by atoms with Gasteiger partial charge in [-0.2, -0.15) is 0 Å². The van der Waals surface area contributed by atoms with Gasteiger partial charge in [0.1, 0.15) is 0 Å². The van der Waals surface area contributed by atoms with E-state index in [0.717, 1.165) is 0 Å². The first-order chi connectivity index (χ1) is 2.00. The molecule has 0 saturated carbocycles. The SMILES string of the molecule is C[As](=O)([O-])[O-].[Fe+2]. The molecule has 0 aromatic rings. The van der Waals surface area contributed by atoms with Crippen LogP contribution < -0.4 is 8.19 Å². The Balaban J connectivity index is 0. The first-order valence-corrected chi connectivity index (χ1v) is 5.17. The van der Waals surface area contributed by atoms with Gasteiger partial charge in [-0.05, 0) is 0 Å². The molecule has 0 atom stereocenters. The average molecular weight is 194 g/mol. The van der Waals surface area contributed by atoms with Crippen LogP contribution in [0.4, 0.5) is 0 Å². The molecule has 0 fully saturated rings. The van der Waals surface area contributed by atoms with Crippen molar-refractivity contribution < 1.29 is 29.0 Å². The van der Waals surface area contributed by atoms with Gasteiger partial charge in [-0.1, -0.05) is 0 Å². The zero-order valence-electron chi connectivity index (χ0n) is 3.03. The Kier molecular flexibility index (Phi) is 4.78. The van der Waals surface area contributed by atoms with Crippen molar-refractivity contribution in [3.05, 3.63) is 0 Å². The summed E-state index contributed by atoms with van der Waals surface area (Å²) in [6.07, 6.45) is 0. The molecule has 0 N–H and O–H groups in total. The summed E-state index contributed by atoms with van der Waals surface area (Å²) >= 11 is -4.62. The molecule has 0 aliphatic rings. The zero-order chi connectivity index (χ0) is 4.50. The van der Waals surface area contributed by atoms with E-state index in [0.29, 0.717) is 5.71 Å². The van der Waals surface area contributed by atoms with Crippen LogP contribution >= 0.6 is 0 Å². The molecule has 0 aliphatic heterocycles. The van der Waals surface area contributed by atoms with Crippen molar-refractivity contribution in [1.82, 2.24) is 0 Å². The molecule has 3 nitrogen and oxygen atoms in total. The molecule has 0 amide bonds. The largest absolute Gasteiger partial charge is 2.00 e. The third kappa shape index (κ3) is 109. The molecule has 38 valence electrons. The van der Waals surface area contributed by atoms with E-state index >= 15 is 0 Å². The van der Waals surface area contributed by atoms with Crippen molar-refractivity contribution in [3.63, 3.8) is 0 Å². The van der Waals surface area contributed by atoms with Gasteiger partial charge in [0.25, 0.3) is 0 Å². The maximum absolute atomic E-state index is 9.16. The van der Waals surface area contributed by atoms with Crippen LogP contribution in [0.1, 0.15) is 0 Å². The summed E-state index contributed by atoms with van der Waals surface area (Å²) in [5.41, 5.74) is 0.693. The molecule has 0 bridgehead atoms. The Labute approximate surface area is 49.2 Å². The Hall–Kier alpha value is 0.798. The van der Waals surface area contributed by atoms with Gasteiger partial charge in [0.15, 0.2) is 0 Å². The molecule has 0 rings (SSSR count). The summed E-state index contributed by atoms with van der Waals surface area (Å²) in [6, 6.07) is 0. The van der Waals surface area contributed by atoms with Crippen molar-refractivity contribution in [3.8, 4) is 0 Å². The summed E-state index contributed by atoms with van der Waals surface area (Å²) in [5, 5.41) is 0. The minimum atomic E-state index is -4.62. The van der Waals surface area contributed by atoms with Crippen LogP contribution in [0.3, 0.4) is 0 Å². The van der Waals surface area contributed by atoms with Crippen LogP contribution in [0.5, 0.6) is 0 Å². The van der Waals surface area contributed by atoms with Gasteiger partial charge in [0, 0.05) is 0 Å². The molecule has 0 spiro atoms. The van der Waals surface area contributed by atoms with Gasteiger partial charge in [0.05, 0.1) is 0 Å². The minimum absolute atomic E-state index is 0. The molecule has 0 aliphatic carbocycles. The standard InChI is InChI=1S/CH5AsO3.Fe/c1-2(3,4)5;/h1H3,(H2,3,4,5);/q;+2/p-2. The van der Waals surface area contributed by atoms with E-state index in [-0.39, 0.29) is 17.1 Å². The average Bonchev–Trinajstić information content (AvgIpc) is 0.722. The van der Waals surface area contributed by atoms with E-state index in [2.05, 4.69) is 0 Å². The number of rotatable bonds is 0. The molecule has 0 heterocycles. The first kappa shape index (κ1) is 9.93. The molecule has 0 saturated heterocycles. The van der Waals surface area contributed by atoms with E-state index in [1.54, 1.807) is 0 Å². The van der Waals surface area contributed by atoms with E-state index in [4.69, 9.17) is 11.9 Å². The molecule has 0 unspecified atom stereocenters. The Bertz CT molecular complexity index is 56.9. The molecule has 0 radical (unpaired) electrons. The third-order valence-corrected chi connectivity index (χ3v) is 0. The van der Waals surface area contributed by atoms with Crippen LogP contribution in [0.2, 0.25) is 5.71 Å². The fourth-order valence-corrected chi connectivity index (χ4v) is 0. The predicted molar refractivity (Wildman–Crippen MR) is 12.3 cm³/mol. The predicted octanol–water partition coefficient (Wildman–Crippen LogP) is -2.30. The zero-order valence-corrected chi connectivity index (χ0v) is 6.01. The number of hydrogen-bond donors (Lipinski definition) is 0. The Morgan fingerprint density at radius 2 is 1.50 bits per heavy atom. The van der Waals surface area contributed by atoms with Gasteiger partial charge in [-0.25, -0.2) is 0 Å². The second-order valence-corrected chi connectivity index (χ2v) is 4.01. The minimum Gasteiger partial charge on any atom is 2.00 e. The van der Waals surface area contributed by atoms with Crippen molar-refractivity contribution in [2.75, 3.05) is 0 Å². The van der Waals surface area contributed by atoms with E-state index in [1.165, 1.54) is 0 Å². The number of hydrogen-bond acceptors (Lipinski definition) is 3. The molecular weight excluding hydrogens is 191 g/mol. The van der Waals surface area contributed by atoms with E-state index in [9.17, 15) is 0 Å². The quantitative estimate of drug-likeness (QED) is 0.407. The monoisotopic (exact) mass is 194 g/mol. The second-order valence-electron chi connectivity index (χ2n) is 0.771. The molecule has 5 heteroatoms. The smallest absolute Gasteiger partial charge is 2.00 e. The summed E-state index contributed by atoms with van der Waals surface area (Å²) in [5.74, 6) is 0. The Morgan fingerprint density at radius 1 is 1.50 bits per heavy atom. The summed E-state index contributed by atoms with van der Waals surface area (Å²) in [4.78, 5) is 0. The van der Waals surface area contributed by atoms with Crippen molar-refractivity contribution >= 4 is 14.2 Å². The fourth-order valence-electron chi connectivity index (χ4n) is 0. The van der Waals surface area contributed by atoms with Crippen molar-refractivity contribution in [2.24, 2.45) is 0 Å². The summed E-state index contributed by atoms with van der Waals surface area (Å²) in [6.45, 7) is 0. The maximum Gasteiger partial charge on any atom is 2.00 e. The van der Waals surface area contributed by atoms with Crippen LogP contribution in [0, 0.1) is 0 Å². The first-order valence-electron chi connectivity index (χ1n) is 0.995. The summed E-state index contributed by atoms with van der Waals surface area (Å²) < 4.78 is 27.5. The normalized spacial score (nSPS) is 9.83. The van der Waals surface area contributed by atoms with Crippen LogP contribution in [0.15, 0.2) is 0 Å². The second kappa shape index (κ2) is 2.89. The van der Waals surface area contributed by atoms with Gasteiger partial charge >= 0.3 is 48.9 Å². The maximum atomic E-state index is 9.16. The molecule has 6 heavy (non-hydrogen) atoms. The topological polar surface area (TPSA) is 63.2 Å². The third-order valence-electron chi connectivity index (χ3n) is 0. The van der Waals surface area contributed by atoms with E-state index < -0.39 is 14.2 Å². The van der Waals surface area contributed by atoms with Crippen LogP contribution in [-0.2, 0) is 20.8 Å². The van der Waals surface area contributed by atoms with Crippen LogP contribution in [-0.4, -0.2) is 14.2 Å². The van der Waals surface area contributed by atoms with Gasteiger partial charge in [0.2, 0.25) is 0 Å². The van der Waals surface area contributed by atoms with Crippen molar-refractivity contribution in [1.29, 1.82) is 0 Å². The van der Waals surface area contributed by atoms with Gasteiger partial charge in [-0.3, -0.25) is 0 Å². The molecule has 0 aromatic heterocycles. The summed E-state index contributed by atoms with van der Waals surface area (Å²) in [7, 11) is 0. The van der Waals surface area contributed by atoms with Crippen molar-refractivity contribution in [2.45, 2.75) is 5.71 Å². The van der Waals surface area contributed by atoms with Gasteiger partial charge < -0.3 is 0 Å². The fraction of sp³-hybridized carbons (Fsp3) is 1.00. The van der Waals surface area contributed by atoms with Crippen LogP contribution in [0.25, 0.3) is 0 Å².